The molecule has 0 aromatic heterocycles. The third kappa shape index (κ3) is 3.55. The Kier molecular flexibility index (Phi) is 4.37. The highest BCUT2D eigenvalue weighted by Gasteiger charge is 2.44. The molecule has 3 N–H and O–H groups in total. The Morgan fingerprint density at radius 3 is 2.52 bits per heavy atom. The number of rotatable bonds is 6. The van der Waals surface area contributed by atoms with Crippen molar-refractivity contribution in [3.05, 3.63) is 65.2 Å². The summed E-state index contributed by atoms with van der Waals surface area (Å²) in [5.41, 5.74) is 10.6. The van der Waals surface area contributed by atoms with Crippen LogP contribution in [0.25, 0.3) is 0 Å². The smallest absolute Gasteiger partial charge is 0.220 e. The molecule has 23 heavy (non-hydrogen) atoms. The van der Waals surface area contributed by atoms with Crippen LogP contribution in [-0.2, 0) is 16.6 Å². The molecule has 3 rings (SSSR count). The summed E-state index contributed by atoms with van der Waals surface area (Å²) in [6.07, 6.45) is 3.49. The van der Waals surface area contributed by atoms with E-state index in [4.69, 9.17) is 5.73 Å². The first kappa shape index (κ1) is 15.6. The molecule has 1 aliphatic carbocycles. The van der Waals surface area contributed by atoms with Gasteiger partial charge in [-0.15, -0.1) is 0 Å². The monoisotopic (exact) mass is 308 g/mol. The lowest BCUT2D eigenvalue weighted by atomic mass is 9.92. The van der Waals surface area contributed by atoms with Crippen molar-refractivity contribution in [1.82, 2.24) is 5.32 Å². The molecular weight excluding hydrogens is 284 g/mol. The Bertz CT molecular complexity index is 704. The molecule has 1 saturated carbocycles. The van der Waals surface area contributed by atoms with Gasteiger partial charge in [0.1, 0.15) is 0 Å². The number of benzene rings is 2. The van der Waals surface area contributed by atoms with Gasteiger partial charge in [0.15, 0.2) is 0 Å². The third-order valence-corrected chi connectivity index (χ3v) is 4.87. The molecule has 0 radical (unpaired) electrons. The first-order chi connectivity index (χ1) is 11.1. The molecule has 0 unspecified atom stereocenters. The summed E-state index contributed by atoms with van der Waals surface area (Å²) in [5, 5.41) is 3.12. The van der Waals surface area contributed by atoms with E-state index in [0.29, 0.717) is 12.8 Å². The van der Waals surface area contributed by atoms with Gasteiger partial charge in [0.2, 0.25) is 5.91 Å². The van der Waals surface area contributed by atoms with Crippen molar-refractivity contribution < 1.29 is 4.79 Å². The highest BCUT2D eigenvalue weighted by atomic mass is 16.1. The lowest BCUT2D eigenvalue weighted by Crippen LogP contribution is -2.32. The van der Waals surface area contributed by atoms with Crippen molar-refractivity contribution in [3.63, 3.8) is 0 Å². The molecule has 3 heteroatoms. The number of nitrogens with one attached hydrogen (secondary N) is 1. The van der Waals surface area contributed by atoms with Crippen LogP contribution in [0.2, 0.25) is 0 Å². The number of anilines is 1. The maximum atomic E-state index is 12.2. The number of amides is 1. The van der Waals surface area contributed by atoms with E-state index in [2.05, 4.69) is 36.5 Å². The molecule has 0 aliphatic heterocycles. The number of hydrogen-bond acceptors (Lipinski definition) is 2. The second-order valence-electron chi connectivity index (χ2n) is 6.57. The minimum absolute atomic E-state index is 0.105. The highest BCUT2D eigenvalue weighted by molar-refractivity contribution is 5.76. The summed E-state index contributed by atoms with van der Waals surface area (Å²) in [6.45, 7) is 2.89. The van der Waals surface area contributed by atoms with Crippen LogP contribution in [0.3, 0.4) is 0 Å². The van der Waals surface area contributed by atoms with Gasteiger partial charge in [-0.1, -0.05) is 42.5 Å². The maximum Gasteiger partial charge on any atom is 0.220 e. The summed E-state index contributed by atoms with van der Waals surface area (Å²) >= 11 is 0. The van der Waals surface area contributed by atoms with Gasteiger partial charge in [-0.2, -0.15) is 0 Å². The second-order valence-corrected chi connectivity index (χ2v) is 6.57. The average Bonchev–Trinajstić information content (AvgIpc) is 3.34. The van der Waals surface area contributed by atoms with Gasteiger partial charge in [0, 0.05) is 24.1 Å². The predicted molar refractivity (Wildman–Crippen MR) is 94.3 cm³/mol. The second kappa shape index (κ2) is 6.45. The zero-order valence-corrected chi connectivity index (χ0v) is 13.6. The van der Waals surface area contributed by atoms with E-state index < -0.39 is 0 Å². The van der Waals surface area contributed by atoms with Crippen molar-refractivity contribution in [1.29, 1.82) is 0 Å². The summed E-state index contributed by atoms with van der Waals surface area (Å²) in [4.78, 5) is 12.2. The molecular formula is C20H24N2O. The number of nitrogens with two attached hydrogens (primary N) is 1. The Morgan fingerprint density at radius 2 is 1.83 bits per heavy atom. The molecule has 0 atom stereocenters. The number of nitrogen functional groups attached to an aromatic ring is 1. The fraction of sp³-hybridized carbons (Fsp3) is 0.350. The molecule has 1 aliphatic rings. The molecule has 2 aromatic rings. The Hall–Kier alpha value is -2.29. The molecule has 3 nitrogen and oxygen atoms in total. The van der Waals surface area contributed by atoms with Crippen molar-refractivity contribution in [2.45, 2.75) is 38.0 Å². The van der Waals surface area contributed by atoms with Crippen LogP contribution in [0.5, 0.6) is 0 Å². The van der Waals surface area contributed by atoms with Gasteiger partial charge in [0.25, 0.3) is 0 Å². The van der Waals surface area contributed by atoms with Crippen LogP contribution in [0, 0.1) is 6.92 Å². The fourth-order valence-electron chi connectivity index (χ4n) is 3.23. The summed E-state index contributed by atoms with van der Waals surface area (Å²) in [7, 11) is 0. The highest BCUT2D eigenvalue weighted by Crippen LogP contribution is 2.48. The lowest BCUT2D eigenvalue weighted by Gasteiger charge is -2.19. The topological polar surface area (TPSA) is 55.1 Å². The summed E-state index contributed by atoms with van der Waals surface area (Å²) in [5.74, 6) is 0.105. The summed E-state index contributed by atoms with van der Waals surface area (Å²) in [6, 6.07) is 16.2. The predicted octanol–water partition coefficient (Wildman–Crippen LogP) is 3.36. The lowest BCUT2D eigenvalue weighted by molar-refractivity contribution is -0.121. The fourth-order valence-corrected chi connectivity index (χ4v) is 3.23. The van der Waals surface area contributed by atoms with E-state index in [1.165, 1.54) is 11.1 Å². The van der Waals surface area contributed by atoms with Crippen LogP contribution in [-0.4, -0.2) is 12.5 Å². The molecule has 0 spiro atoms. The molecule has 1 fully saturated rings. The van der Waals surface area contributed by atoms with Crippen molar-refractivity contribution in [2.75, 3.05) is 12.3 Å². The van der Waals surface area contributed by atoms with Gasteiger partial charge >= 0.3 is 0 Å². The van der Waals surface area contributed by atoms with Gasteiger partial charge < -0.3 is 11.1 Å². The van der Waals surface area contributed by atoms with Crippen molar-refractivity contribution >= 4 is 11.6 Å². The molecule has 0 heterocycles. The van der Waals surface area contributed by atoms with E-state index in [1.54, 1.807) is 0 Å². The number of aryl methyl sites for hydroxylation is 2. The van der Waals surface area contributed by atoms with E-state index >= 15 is 0 Å². The number of carbonyl (C=O) groups excluding carboxylic acids is 1. The zero-order valence-electron chi connectivity index (χ0n) is 13.6. The van der Waals surface area contributed by atoms with E-state index in [0.717, 1.165) is 30.6 Å². The van der Waals surface area contributed by atoms with Gasteiger partial charge in [-0.3, -0.25) is 4.79 Å². The first-order valence-corrected chi connectivity index (χ1v) is 8.27. The standard InChI is InChI=1S/C20H24N2O/c1-15-6-2-4-8-17(15)20(12-13-20)14-22-19(23)11-10-16-7-3-5-9-18(16)21/h2-9H,10-14,21H2,1H3,(H,22,23). The Labute approximate surface area is 137 Å². The van der Waals surface area contributed by atoms with Crippen LogP contribution in [0.15, 0.2) is 48.5 Å². The van der Waals surface area contributed by atoms with E-state index in [1.807, 2.05) is 24.3 Å². The number of carbonyl (C=O) groups is 1. The molecule has 0 saturated heterocycles. The van der Waals surface area contributed by atoms with Crippen LogP contribution in [0.4, 0.5) is 5.69 Å². The molecule has 2 aromatic carbocycles. The maximum absolute atomic E-state index is 12.2. The molecule has 120 valence electrons. The van der Waals surface area contributed by atoms with Crippen LogP contribution >= 0.6 is 0 Å². The number of para-hydroxylation sites is 1. The van der Waals surface area contributed by atoms with Crippen LogP contribution < -0.4 is 11.1 Å². The zero-order chi connectivity index (χ0) is 16.3. The SMILES string of the molecule is Cc1ccccc1C1(CNC(=O)CCc2ccccc2N)CC1. The van der Waals surface area contributed by atoms with Crippen LogP contribution in [0.1, 0.15) is 36.0 Å². The largest absolute Gasteiger partial charge is 0.399 e. The normalized spacial score (nSPS) is 15.2. The van der Waals surface area contributed by atoms with E-state index in [9.17, 15) is 4.79 Å². The summed E-state index contributed by atoms with van der Waals surface area (Å²) < 4.78 is 0. The Morgan fingerprint density at radius 1 is 1.13 bits per heavy atom. The first-order valence-electron chi connectivity index (χ1n) is 8.27. The molecule has 0 bridgehead atoms. The Balaban J connectivity index is 1.54. The average molecular weight is 308 g/mol. The quantitative estimate of drug-likeness (QED) is 0.804. The van der Waals surface area contributed by atoms with E-state index in [-0.39, 0.29) is 11.3 Å². The van der Waals surface area contributed by atoms with Gasteiger partial charge in [-0.25, -0.2) is 0 Å². The minimum atomic E-state index is 0.105. The van der Waals surface area contributed by atoms with Gasteiger partial charge in [0.05, 0.1) is 0 Å². The molecule has 1 amide bonds. The van der Waals surface area contributed by atoms with Crippen molar-refractivity contribution in [2.24, 2.45) is 0 Å². The number of hydrogen-bond donors (Lipinski definition) is 2. The minimum Gasteiger partial charge on any atom is -0.399 e. The van der Waals surface area contributed by atoms with Crippen molar-refractivity contribution in [3.8, 4) is 0 Å². The van der Waals surface area contributed by atoms with Gasteiger partial charge in [-0.05, 0) is 48.9 Å². The third-order valence-electron chi connectivity index (χ3n) is 4.87.